The first-order chi connectivity index (χ1) is 13.4. The lowest BCUT2D eigenvalue weighted by atomic mass is 10.2. The molecule has 4 rings (SSSR count). The van der Waals surface area contributed by atoms with E-state index >= 15 is 0 Å². The van der Waals surface area contributed by atoms with Gasteiger partial charge in [-0.2, -0.15) is 5.10 Å². The van der Waals surface area contributed by atoms with Gasteiger partial charge in [-0.05, 0) is 31.4 Å². The molecule has 0 fully saturated rings. The Balaban J connectivity index is 1.57. The molecular formula is C20H20F2N4OS. The molecule has 0 unspecified atom stereocenters. The molecule has 0 saturated carbocycles. The predicted molar refractivity (Wildman–Crippen MR) is 103 cm³/mol. The summed E-state index contributed by atoms with van der Waals surface area (Å²) in [5.41, 5.74) is 3.34. The highest BCUT2D eigenvalue weighted by Crippen LogP contribution is 2.28. The van der Waals surface area contributed by atoms with Crippen LogP contribution in [-0.4, -0.2) is 20.7 Å². The van der Waals surface area contributed by atoms with E-state index in [0.717, 1.165) is 53.4 Å². The molecule has 1 N–H and O–H groups in total. The standard InChI is InChI=1S/C20H20F2N4OS/c1-11(2)20-24-12(10-28-20)9-23-19(27)18-14-4-3-5-17(14)26(25-18)13-6-7-15(21)16(22)8-13/h6-8,10-11H,3-5,9H2,1-2H3,(H,23,27). The van der Waals surface area contributed by atoms with Crippen LogP contribution in [0.3, 0.4) is 0 Å². The minimum absolute atomic E-state index is 0.279. The molecule has 28 heavy (non-hydrogen) atoms. The molecule has 146 valence electrons. The van der Waals surface area contributed by atoms with Crippen LogP contribution in [0.25, 0.3) is 5.69 Å². The van der Waals surface area contributed by atoms with Crippen LogP contribution in [0.1, 0.15) is 58.6 Å². The maximum Gasteiger partial charge on any atom is 0.272 e. The van der Waals surface area contributed by atoms with Crippen LogP contribution < -0.4 is 5.32 Å². The van der Waals surface area contributed by atoms with Crippen LogP contribution in [0.15, 0.2) is 23.6 Å². The maximum absolute atomic E-state index is 13.6. The van der Waals surface area contributed by atoms with Gasteiger partial charge in [0.2, 0.25) is 0 Å². The van der Waals surface area contributed by atoms with Gasteiger partial charge in [-0.15, -0.1) is 11.3 Å². The van der Waals surface area contributed by atoms with Crippen molar-refractivity contribution < 1.29 is 13.6 Å². The number of fused-ring (bicyclic) bond motifs is 1. The number of thiazole rings is 1. The van der Waals surface area contributed by atoms with Crippen LogP contribution in [0, 0.1) is 11.6 Å². The average Bonchev–Trinajstić information content (AvgIpc) is 3.38. The number of carbonyl (C=O) groups excluding carboxylic acids is 1. The molecule has 0 aliphatic heterocycles. The van der Waals surface area contributed by atoms with Crippen molar-refractivity contribution in [1.29, 1.82) is 0 Å². The number of hydrogen-bond donors (Lipinski definition) is 1. The van der Waals surface area contributed by atoms with E-state index in [1.54, 1.807) is 16.0 Å². The second-order valence-electron chi connectivity index (χ2n) is 7.15. The topological polar surface area (TPSA) is 59.8 Å². The zero-order chi connectivity index (χ0) is 19.8. The first-order valence-electron chi connectivity index (χ1n) is 9.22. The molecule has 1 aromatic carbocycles. The number of carbonyl (C=O) groups is 1. The van der Waals surface area contributed by atoms with Crippen molar-refractivity contribution in [2.24, 2.45) is 0 Å². The van der Waals surface area contributed by atoms with Crippen molar-refractivity contribution in [3.63, 3.8) is 0 Å². The number of nitrogens with zero attached hydrogens (tertiary/aromatic N) is 3. The van der Waals surface area contributed by atoms with E-state index in [2.05, 4.69) is 29.2 Å². The number of rotatable bonds is 5. The van der Waals surface area contributed by atoms with E-state index < -0.39 is 11.6 Å². The fourth-order valence-corrected chi connectivity index (χ4v) is 4.21. The molecule has 5 nitrogen and oxygen atoms in total. The smallest absolute Gasteiger partial charge is 0.272 e. The molecule has 1 aliphatic rings. The second-order valence-corrected chi connectivity index (χ2v) is 8.04. The van der Waals surface area contributed by atoms with Crippen molar-refractivity contribution in [2.45, 2.75) is 45.6 Å². The molecule has 0 atom stereocenters. The lowest BCUT2D eigenvalue weighted by Gasteiger charge is -2.06. The maximum atomic E-state index is 13.6. The third-order valence-corrected chi connectivity index (χ3v) is 5.98. The third-order valence-electron chi connectivity index (χ3n) is 4.79. The Bertz CT molecular complexity index is 1040. The largest absolute Gasteiger partial charge is 0.345 e. The zero-order valence-electron chi connectivity index (χ0n) is 15.6. The molecule has 0 radical (unpaired) electrons. The van der Waals surface area contributed by atoms with Crippen molar-refractivity contribution in [1.82, 2.24) is 20.1 Å². The van der Waals surface area contributed by atoms with Gasteiger partial charge in [0, 0.05) is 28.6 Å². The van der Waals surface area contributed by atoms with E-state index in [4.69, 9.17) is 0 Å². The lowest BCUT2D eigenvalue weighted by molar-refractivity contribution is 0.0944. The average molecular weight is 402 g/mol. The summed E-state index contributed by atoms with van der Waals surface area (Å²) in [5, 5.41) is 10.3. The van der Waals surface area contributed by atoms with E-state index in [0.29, 0.717) is 23.8 Å². The van der Waals surface area contributed by atoms with Gasteiger partial charge < -0.3 is 5.32 Å². The predicted octanol–water partition coefficient (Wildman–Crippen LogP) is 4.15. The monoisotopic (exact) mass is 402 g/mol. The summed E-state index contributed by atoms with van der Waals surface area (Å²) in [5.74, 6) is -1.77. The normalized spacial score (nSPS) is 13.2. The minimum Gasteiger partial charge on any atom is -0.345 e. The van der Waals surface area contributed by atoms with Crippen LogP contribution in [0.5, 0.6) is 0 Å². The summed E-state index contributed by atoms with van der Waals surface area (Å²) in [6.45, 7) is 4.49. The van der Waals surface area contributed by atoms with Crippen molar-refractivity contribution in [3.8, 4) is 5.69 Å². The Kier molecular flexibility index (Phi) is 4.97. The number of hydrogen-bond acceptors (Lipinski definition) is 4. The first-order valence-corrected chi connectivity index (χ1v) is 10.1. The Labute approximate surface area is 165 Å². The summed E-state index contributed by atoms with van der Waals surface area (Å²) in [7, 11) is 0. The van der Waals surface area contributed by atoms with Crippen LogP contribution >= 0.6 is 11.3 Å². The number of amides is 1. The molecule has 1 aliphatic carbocycles. The Morgan fingerprint density at radius 3 is 2.82 bits per heavy atom. The first kappa shape index (κ1) is 18.7. The van der Waals surface area contributed by atoms with Gasteiger partial charge in [0.1, 0.15) is 0 Å². The zero-order valence-corrected chi connectivity index (χ0v) is 16.4. The van der Waals surface area contributed by atoms with Crippen LogP contribution in [0.4, 0.5) is 8.78 Å². The van der Waals surface area contributed by atoms with Gasteiger partial charge in [0.15, 0.2) is 17.3 Å². The second kappa shape index (κ2) is 7.43. The van der Waals surface area contributed by atoms with Gasteiger partial charge in [-0.1, -0.05) is 13.8 Å². The molecule has 2 aromatic heterocycles. The lowest BCUT2D eigenvalue weighted by Crippen LogP contribution is -2.24. The third kappa shape index (κ3) is 3.44. The summed E-state index contributed by atoms with van der Waals surface area (Å²) < 4.78 is 28.5. The Morgan fingerprint density at radius 2 is 2.11 bits per heavy atom. The van der Waals surface area contributed by atoms with E-state index in [1.807, 2.05) is 5.38 Å². The highest BCUT2D eigenvalue weighted by atomic mass is 32.1. The molecular weight excluding hydrogens is 382 g/mol. The molecule has 8 heteroatoms. The highest BCUT2D eigenvalue weighted by Gasteiger charge is 2.27. The molecule has 2 heterocycles. The molecule has 0 spiro atoms. The highest BCUT2D eigenvalue weighted by molar-refractivity contribution is 7.09. The SMILES string of the molecule is CC(C)c1nc(CNC(=O)c2nn(-c3ccc(F)c(F)c3)c3c2CCC3)cs1. The van der Waals surface area contributed by atoms with Crippen molar-refractivity contribution in [2.75, 3.05) is 0 Å². The number of benzene rings is 1. The molecule has 0 bridgehead atoms. The molecule has 3 aromatic rings. The van der Waals surface area contributed by atoms with Crippen LogP contribution in [-0.2, 0) is 19.4 Å². The van der Waals surface area contributed by atoms with Crippen molar-refractivity contribution in [3.05, 3.63) is 62.9 Å². The van der Waals surface area contributed by atoms with E-state index in [1.165, 1.54) is 6.07 Å². The van der Waals surface area contributed by atoms with Gasteiger partial charge in [0.05, 0.1) is 22.9 Å². The Morgan fingerprint density at radius 1 is 1.29 bits per heavy atom. The van der Waals surface area contributed by atoms with E-state index in [-0.39, 0.29) is 5.91 Å². The Hall–Kier alpha value is -2.61. The summed E-state index contributed by atoms with van der Waals surface area (Å²) in [6.07, 6.45) is 2.40. The number of halogens is 2. The van der Waals surface area contributed by atoms with Gasteiger partial charge >= 0.3 is 0 Å². The summed E-state index contributed by atoms with van der Waals surface area (Å²) in [6, 6.07) is 3.64. The van der Waals surface area contributed by atoms with Crippen LogP contribution in [0.2, 0.25) is 0 Å². The summed E-state index contributed by atoms with van der Waals surface area (Å²) in [4.78, 5) is 17.3. The quantitative estimate of drug-likeness (QED) is 0.698. The number of aromatic nitrogens is 3. The van der Waals surface area contributed by atoms with Gasteiger partial charge in [-0.25, -0.2) is 18.4 Å². The molecule has 1 amide bonds. The van der Waals surface area contributed by atoms with Crippen molar-refractivity contribution >= 4 is 17.2 Å². The fourth-order valence-electron chi connectivity index (χ4n) is 3.37. The number of nitrogens with one attached hydrogen (secondary N) is 1. The molecule has 0 saturated heterocycles. The summed E-state index contributed by atoms with van der Waals surface area (Å²) >= 11 is 1.58. The van der Waals surface area contributed by atoms with Gasteiger partial charge in [-0.3, -0.25) is 4.79 Å². The minimum atomic E-state index is -0.935. The van der Waals surface area contributed by atoms with E-state index in [9.17, 15) is 13.6 Å². The van der Waals surface area contributed by atoms with Gasteiger partial charge in [0.25, 0.3) is 5.91 Å². The fraction of sp³-hybridized carbons (Fsp3) is 0.350.